The van der Waals surface area contributed by atoms with Gasteiger partial charge in [-0.15, -0.1) is 0 Å². The summed E-state index contributed by atoms with van der Waals surface area (Å²) >= 11 is 6.48. The summed E-state index contributed by atoms with van der Waals surface area (Å²) in [5, 5.41) is 0.411. The lowest BCUT2D eigenvalue weighted by Crippen LogP contribution is -2.30. The minimum Gasteiger partial charge on any atom is -0.300 e. The topological polar surface area (TPSA) is 74.8 Å². The van der Waals surface area contributed by atoms with Gasteiger partial charge in [0.15, 0.2) is 0 Å². The molecule has 0 aromatic heterocycles. The average molecular weight is 431 g/mol. The molecular formula is C24H15ClN2O4. The lowest BCUT2D eigenvalue weighted by Gasteiger charge is -2.19. The maximum Gasteiger partial charge on any atom is 0.299 e. The van der Waals surface area contributed by atoms with Crippen molar-refractivity contribution in [1.82, 2.24) is 0 Å². The van der Waals surface area contributed by atoms with E-state index in [1.54, 1.807) is 66.7 Å². The highest BCUT2D eigenvalue weighted by atomic mass is 35.5. The fourth-order valence-electron chi connectivity index (χ4n) is 3.98. The zero-order chi connectivity index (χ0) is 21.7. The van der Waals surface area contributed by atoms with Crippen molar-refractivity contribution in [2.75, 3.05) is 9.80 Å². The molecule has 3 aromatic carbocycles. The molecule has 31 heavy (non-hydrogen) atoms. The number of benzene rings is 3. The lowest BCUT2D eigenvalue weighted by molar-refractivity contribution is -0.115. The molecule has 0 spiro atoms. The van der Waals surface area contributed by atoms with Crippen LogP contribution < -0.4 is 9.80 Å². The Kier molecular flexibility index (Phi) is 4.45. The highest BCUT2D eigenvalue weighted by Gasteiger charge is 2.36. The Bertz CT molecular complexity index is 1300. The molecule has 2 amide bonds. The number of fused-ring (bicyclic) bond motifs is 2. The summed E-state index contributed by atoms with van der Waals surface area (Å²) in [6.45, 7) is 0.357. The van der Waals surface area contributed by atoms with Crippen molar-refractivity contribution in [3.8, 4) is 0 Å². The fraction of sp³-hybridized carbons (Fsp3) is 0.0833. The molecule has 0 N–H and O–H groups in total. The summed E-state index contributed by atoms with van der Waals surface area (Å²) < 4.78 is 0. The van der Waals surface area contributed by atoms with Crippen LogP contribution in [0.25, 0.3) is 0 Å². The number of amides is 2. The number of ketones is 2. The number of Topliss-reactive ketones (excluding diaryl/α,β-unsaturated/α-hetero) is 2. The van der Waals surface area contributed by atoms with Crippen molar-refractivity contribution in [2.24, 2.45) is 0 Å². The number of carbonyl (C=O) groups is 4. The van der Waals surface area contributed by atoms with Crippen molar-refractivity contribution < 1.29 is 19.2 Å². The van der Waals surface area contributed by atoms with Gasteiger partial charge in [-0.25, -0.2) is 0 Å². The summed E-state index contributed by atoms with van der Waals surface area (Å²) in [5.41, 5.74) is 3.34. The predicted octanol–water partition coefficient (Wildman–Crippen LogP) is 3.80. The number of para-hydroxylation sites is 2. The fourth-order valence-corrected chi connectivity index (χ4v) is 4.24. The molecule has 0 aliphatic carbocycles. The molecule has 3 aromatic rings. The molecular weight excluding hydrogens is 416 g/mol. The van der Waals surface area contributed by atoms with Crippen LogP contribution in [-0.4, -0.2) is 23.4 Å². The van der Waals surface area contributed by atoms with E-state index in [4.69, 9.17) is 11.6 Å². The van der Waals surface area contributed by atoms with Crippen molar-refractivity contribution in [3.05, 3.63) is 94.0 Å². The van der Waals surface area contributed by atoms with Crippen molar-refractivity contribution in [1.29, 1.82) is 0 Å². The molecule has 0 bridgehead atoms. The number of hydrogen-bond donors (Lipinski definition) is 0. The molecule has 2 aliphatic heterocycles. The molecule has 0 radical (unpaired) electrons. The number of hydrogen-bond acceptors (Lipinski definition) is 4. The predicted molar refractivity (Wildman–Crippen MR) is 115 cm³/mol. The summed E-state index contributed by atoms with van der Waals surface area (Å²) in [6.07, 6.45) is 0. The molecule has 2 aliphatic rings. The largest absolute Gasteiger partial charge is 0.300 e. The first-order valence-corrected chi connectivity index (χ1v) is 10.0. The van der Waals surface area contributed by atoms with Crippen LogP contribution in [0.1, 0.15) is 31.8 Å². The van der Waals surface area contributed by atoms with E-state index in [9.17, 15) is 19.2 Å². The van der Waals surface area contributed by atoms with Crippen molar-refractivity contribution in [3.63, 3.8) is 0 Å². The molecule has 7 heteroatoms. The zero-order valence-corrected chi connectivity index (χ0v) is 16.9. The SMILES string of the molecule is O=C1C(=O)N(Cc2ccc(CN3C(=O)C(=O)c4ccccc43)c(Cl)c2)c2ccccc21. The monoisotopic (exact) mass is 430 g/mol. The quantitative estimate of drug-likeness (QED) is 0.590. The van der Waals surface area contributed by atoms with Crippen LogP contribution in [-0.2, 0) is 22.7 Å². The minimum absolute atomic E-state index is 0.157. The van der Waals surface area contributed by atoms with E-state index in [2.05, 4.69) is 0 Å². The van der Waals surface area contributed by atoms with Crippen molar-refractivity contribution in [2.45, 2.75) is 13.1 Å². The van der Waals surface area contributed by atoms with Crippen LogP contribution >= 0.6 is 11.6 Å². The van der Waals surface area contributed by atoms with Gasteiger partial charge in [0.05, 0.1) is 35.6 Å². The van der Waals surface area contributed by atoms with Crippen LogP contribution in [0.15, 0.2) is 66.7 Å². The smallest absolute Gasteiger partial charge is 0.299 e. The zero-order valence-electron chi connectivity index (χ0n) is 16.2. The third-order valence-corrected chi connectivity index (χ3v) is 5.90. The van der Waals surface area contributed by atoms with Gasteiger partial charge in [-0.2, -0.15) is 0 Å². The second kappa shape index (κ2) is 7.18. The summed E-state index contributed by atoms with van der Waals surface area (Å²) in [7, 11) is 0. The third kappa shape index (κ3) is 3.04. The van der Waals surface area contributed by atoms with Gasteiger partial charge in [0.2, 0.25) is 0 Å². The lowest BCUT2D eigenvalue weighted by atomic mass is 10.1. The van der Waals surface area contributed by atoms with Crippen LogP contribution in [0.5, 0.6) is 0 Å². The van der Waals surface area contributed by atoms with E-state index in [-0.39, 0.29) is 13.1 Å². The van der Waals surface area contributed by atoms with Gasteiger partial charge < -0.3 is 9.80 Å². The number of nitrogens with zero attached hydrogens (tertiary/aromatic N) is 2. The molecule has 0 unspecified atom stereocenters. The summed E-state index contributed by atoms with van der Waals surface area (Å²) in [6, 6.07) is 19.0. The maximum atomic E-state index is 12.4. The van der Waals surface area contributed by atoms with Crippen molar-refractivity contribution >= 4 is 46.4 Å². The van der Waals surface area contributed by atoms with Crippen LogP contribution in [0.3, 0.4) is 0 Å². The average Bonchev–Trinajstić information content (AvgIpc) is 3.16. The standard InChI is InChI=1S/C24H15ClN2O4/c25-18-11-14(12-26-19-7-3-1-5-16(19)21(28)23(26)30)9-10-15(18)13-27-20-8-4-2-6-17(20)22(29)24(27)31/h1-11H,12-13H2. The molecule has 0 saturated carbocycles. The molecule has 5 rings (SSSR count). The van der Waals surface area contributed by atoms with Crippen LogP contribution in [0.2, 0.25) is 5.02 Å². The van der Waals surface area contributed by atoms with Gasteiger partial charge in [-0.05, 0) is 41.5 Å². The van der Waals surface area contributed by atoms with Gasteiger partial charge in [0.1, 0.15) is 0 Å². The van der Waals surface area contributed by atoms with E-state index < -0.39 is 23.4 Å². The van der Waals surface area contributed by atoms with Crippen LogP contribution in [0.4, 0.5) is 11.4 Å². The number of anilines is 2. The number of rotatable bonds is 4. The van der Waals surface area contributed by atoms with E-state index >= 15 is 0 Å². The van der Waals surface area contributed by atoms with E-state index in [0.29, 0.717) is 33.1 Å². The van der Waals surface area contributed by atoms with E-state index in [0.717, 1.165) is 5.56 Å². The Morgan fingerprint density at radius 2 is 1.16 bits per heavy atom. The van der Waals surface area contributed by atoms with Gasteiger partial charge in [-0.1, -0.05) is 48.0 Å². The van der Waals surface area contributed by atoms with Gasteiger partial charge in [0.25, 0.3) is 23.4 Å². The van der Waals surface area contributed by atoms with Crippen LogP contribution in [0, 0.1) is 0 Å². The molecule has 0 atom stereocenters. The number of carbonyl (C=O) groups excluding carboxylic acids is 4. The Morgan fingerprint density at radius 1 is 0.645 bits per heavy atom. The van der Waals surface area contributed by atoms with Gasteiger partial charge in [-0.3, -0.25) is 19.2 Å². The molecule has 0 fully saturated rings. The van der Waals surface area contributed by atoms with E-state index in [1.165, 1.54) is 9.80 Å². The second-order valence-corrected chi connectivity index (χ2v) is 7.81. The number of halogens is 1. The second-order valence-electron chi connectivity index (χ2n) is 7.40. The third-order valence-electron chi connectivity index (χ3n) is 5.54. The summed E-state index contributed by atoms with van der Waals surface area (Å²) in [5.74, 6) is -2.20. The first kappa shape index (κ1) is 19.2. The highest BCUT2D eigenvalue weighted by molar-refractivity contribution is 6.52. The Balaban J connectivity index is 1.39. The molecule has 2 heterocycles. The minimum atomic E-state index is -0.584. The molecule has 152 valence electrons. The Morgan fingerprint density at radius 3 is 1.71 bits per heavy atom. The molecule has 6 nitrogen and oxygen atoms in total. The summed E-state index contributed by atoms with van der Waals surface area (Å²) in [4.78, 5) is 52.0. The van der Waals surface area contributed by atoms with Gasteiger partial charge in [0, 0.05) is 5.02 Å². The van der Waals surface area contributed by atoms with Gasteiger partial charge >= 0.3 is 0 Å². The molecule has 0 saturated heterocycles. The first-order chi connectivity index (χ1) is 15.0. The Hall–Kier alpha value is -3.77. The van der Waals surface area contributed by atoms with E-state index in [1.807, 2.05) is 0 Å². The highest BCUT2D eigenvalue weighted by Crippen LogP contribution is 2.33. The first-order valence-electron chi connectivity index (χ1n) is 9.63. The maximum absolute atomic E-state index is 12.4. The Labute approximate surface area is 182 Å². The normalized spacial score (nSPS) is 15.0.